The van der Waals surface area contributed by atoms with Crippen molar-refractivity contribution in [2.75, 3.05) is 17.7 Å². The molecule has 7 nitrogen and oxygen atoms in total. The molecule has 0 aliphatic heterocycles. The molecule has 0 spiro atoms. The number of hydrogen-bond acceptors (Lipinski definition) is 6. The van der Waals surface area contributed by atoms with Crippen LogP contribution in [0.15, 0.2) is 75.7 Å². The van der Waals surface area contributed by atoms with Crippen molar-refractivity contribution < 1.29 is 18.5 Å². The lowest BCUT2D eigenvalue weighted by molar-refractivity contribution is 0.0997. The normalized spacial score (nSPS) is 11.2. The number of hydrogen-bond donors (Lipinski definition) is 2. The van der Waals surface area contributed by atoms with Crippen LogP contribution in [0.2, 0.25) is 0 Å². The van der Waals surface area contributed by atoms with Crippen molar-refractivity contribution in [3.8, 4) is 17.1 Å². The van der Waals surface area contributed by atoms with Gasteiger partial charge in [0.1, 0.15) is 17.3 Å². The average Bonchev–Trinajstić information content (AvgIpc) is 3.45. The summed E-state index contributed by atoms with van der Waals surface area (Å²) in [5.74, 6) is 2.64. The number of carbonyl (C=O) groups excluding carboxylic acids is 1. The molecular formula is C25H25N3O4. The predicted octanol–water partition coefficient (Wildman–Crippen LogP) is 6.24. The van der Waals surface area contributed by atoms with Crippen LogP contribution in [0.3, 0.4) is 0 Å². The first-order chi connectivity index (χ1) is 15.3. The Hall–Kier alpha value is -4.00. The lowest BCUT2D eigenvalue weighted by atomic mass is 9.93. The number of rotatable bonds is 6. The summed E-state index contributed by atoms with van der Waals surface area (Å²) in [5, 5.41) is 10.1. The number of anilines is 3. The minimum Gasteiger partial charge on any atom is -0.497 e. The van der Waals surface area contributed by atoms with Crippen LogP contribution in [0.4, 0.5) is 17.2 Å². The molecule has 0 aliphatic rings. The van der Waals surface area contributed by atoms with E-state index in [4.69, 9.17) is 13.7 Å². The summed E-state index contributed by atoms with van der Waals surface area (Å²) in [4.78, 5) is 12.6. The molecule has 0 fully saturated rings. The zero-order valence-corrected chi connectivity index (χ0v) is 18.4. The number of furan rings is 1. The van der Waals surface area contributed by atoms with Crippen molar-refractivity contribution >= 4 is 23.1 Å². The highest BCUT2D eigenvalue weighted by molar-refractivity contribution is 6.02. The van der Waals surface area contributed by atoms with Gasteiger partial charge in [-0.25, -0.2) is 0 Å². The fourth-order valence-electron chi connectivity index (χ4n) is 3.06. The van der Waals surface area contributed by atoms with E-state index in [0.717, 1.165) is 22.8 Å². The van der Waals surface area contributed by atoms with Crippen LogP contribution < -0.4 is 15.4 Å². The third-order valence-corrected chi connectivity index (χ3v) is 4.85. The molecule has 2 N–H and O–H groups in total. The number of nitrogens with zero attached hydrogens (tertiary/aromatic N) is 1. The maximum atomic E-state index is 12.6. The molecule has 0 radical (unpaired) electrons. The molecule has 0 atom stereocenters. The van der Waals surface area contributed by atoms with Crippen LogP contribution in [0.1, 0.15) is 37.1 Å². The van der Waals surface area contributed by atoms with Gasteiger partial charge in [-0.3, -0.25) is 4.79 Å². The number of aromatic nitrogens is 1. The topological polar surface area (TPSA) is 89.5 Å². The molecule has 0 saturated heterocycles. The molecule has 7 heteroatoms. The summed E-state index contributed by atoms with van der Waals surface area (Å²) >= 11 is 0. The van der Waals surface area contributed by atoms with E-state index >= 15 is 0 Å². The molecule has 0 saturated carbocycles. The van der Waals surface area contributed by atoms with Crippen molar-refractivity contribution in [1.82, 2.24) is 5.16 Å². The van der Waals surface area contributed by atoms with Gasteiger partial charge in [-0.05, 0) is 48.5 Å². The number of amides is 1. The molecule has 2 aromatic carbocycles. The largest absolute Gasteiger partial charge is 0.497 e. The standard InChI is InChI=1S/C25H25N3O4/c1-25(2,3)22-15-23(28-32-22)26-17-8-10-18(11-9-17)27-24(29)21-13-12-20(31-21)16-6-5-7-19(14-16)30-4/h5-15H,1-4H3,(H,26,28)(H,27,29). The zero-order chi connectivity index (χ0) is 22.7. The smallest absolute Gasteiger partial charge is 0.291 e. The maximum absolute atomic E-state index is 12.6. The predicted molar refractivity (Wildman–Crippen MR) is 124 cm³/mol. The van der Waals surface area contributed by atoms with Gasteiger partial charge in [-0.1, -0.05) is 38.1 Å². The molecule has 4 rings (SSSR count). The van der Waals surface area contributed by atoms with Crippen LogP contribution in [0, 0.1) is 0 Å². The fourth-order valence-corrected chi connectivity index (χ4v) is 3.06. The Kier molecular flexibility index (Phi) is 5.73. The average molecular weight is 431 g/mol. The molecule has 0 aliphatic carbocycles. The van der Waals surface area contributed by atoms with Crippen LogP contribution in [-0.2, 0) is 5.41 Å². The van der Waals surface area contributed by atoms with Crippen LogP contribution in [0.5, 0.6) is 5.75 Å². The number of carbonyl (C=O) groups is 1. The first kappa shape index (κ1) is 21.2. The highest BCUT2D eigenvalue weighted by Crippen LogP contribution is 2.28. The summed E-state index contributed by atoms with van der Waals surface area (Å²) in [7, 11) is 1.61. The summed E-state index contributed by atoms with van der Waals surface area (Å²) in [6, 6.07) is 20.1. The van der Waals surface area contributed by atoms with Crippen LogP contribution in [-0.4, -0.2) is 18.2 Å². The third kappa shape index (κ3) is 4.83. The molecule has 1 amide bonds. The fraction of sp³-hybridized carbons (Fsp3) is 0.200. The van der Waals surface area contributed by atoms with Gasteiger partial charge in [0.05, 0.1) is 7.11 Å². The van der Waals surface area contributed by atoms with E-state index in [0.29, 0.717) is 17.3 Å². The van der Waals surface area contributed by atoms with Crippen LogP contribution in [0.25, 0.3) is 11.3 Å². The molecule has 0 unspecified atom stereocenters. The maximum Gasteiger partial charge on any atom is 0.291 e. The van der Waals surface area contributed by atoms with Crippen molar-refractivity contribution in [2.24, 2.45) is 0 Å². The van der Waals surface area contributed by atoms with Gasteiger partial charge < -0.3 is 24.3 Å². The molecule has 4 aromatic rings. The van der Waals surface area contributed by atoms with Gasteiger partial charge in [0.25, 0.3) is 5.91 Å². The van der Waals surface area contributed by atoms with Gasteiger partial charge in [-0.2, -0.15) is 0 Å². The van der Waals surface area contributed by atoms with Gasteiger partial charge >= 0.3 is 0 Å². The van der Waals surface area contributed by atoms with Crippen molar-refractivity contribution in [3.63, 3.8) is 0 Å². The highest BCUT2D eigenvalue weighted by Gasteiger charge is 2.19. The number of nitrogens with one attached hydrogen (secondary N) is 2. The Morgan fingerprint density at radius 2 is 1.72 bits per heavy atom. The van der Waals surface area contributed by atoms with E-state index in [1.807, 2.05) is 42.5 Å². The van der Waals surface area contributed by atoms with Crippen LogP contribution >= 0.6 is 0 Å². The Morgan fingerprint density at radius 1 is 0.969 bits per heavy atom. The lowest BCUT2D eigenvalue weighted by Crippen LogP contribution is -2.10. The van der Waals surface area contributed by atoms with Gasteiger partial charge in [0, 0.05) is 28.4 Å². The minimum absolute atomic E-state index is 0.112. The number of methoxy groups -OCH3 is 1. The Balaban J connectivity index is 1.40. The first-order valence-electron chi connectivity index (χ1n) is 10.2. The van der Waals surface area contributed by atoms with E-state index in [1.54, 1.807) is 31.4 Å². The monoisotopic (exact) mass is 431 g/mol. The summed E-state index contributed by atoms with van der Waals surface area (Å²) in [6.45, 7) is 6.19. The summed E-state index contributed by atoms with van der Waals surface area (Å²) in [6.07, 6.45) is 0. The second kappa shape index (κ2) is 8.63. The highest BCUT2D eigenvalue weighted by atomic mass is 16.5. The van der Waals surface area contributed by atoms with Crippen molar-refractivity contribution in [3.05, 3.63) is 78.3 Å². The van der Waals surface area contributed by atoms with E-state index in [-0.39, 0.29) is 17.1 Å². The third-order valence-electron chi connectivity index (χ3n) is 4.85. The van der Waals surface area contributed by atoms with E-state index in [1.165, 1.54) is 0 Å². The summed E-state index contributed by atoms with van der Waals surface area (Å²) < 4.78 is 16.4. The molecule has 164 valence electrons. The van der Waals surface area contributed by atoms with Gasteiger partial charge in [-0.15, -0.1) is 0 Å². The van der Waals surface area contributed by atoms with E-state index in [9.17, 15) is 4.79 Å². The molecule has 0 bridgehead atoms. The first-order valence-corrected chi connectivity index (χ1v) is 10.2. The molecular weight excluding hydrogens is 406 g/mol. The van der Waals surface area contributed by atoms with Gasteiger partial charge in [0.15, 0.2) is 11.6 Å². The number of ether oxygens (including phenoxy) is 1. The molecule has 32 heavy (non-hydrogen) atoms. The Morgan fingerprint density at radius 3 is 2.41 bits per heavy atom. The SMILES string of the molecule is COc1cccc(-c2ccc(C(=O)Nc3ccc(Nc4cc(C(C)(C)C)on4)cc3)o2)c1. The summed E-state index contributed by atoms with van der Waals surface area (Å²) in [5.41, 5.74) is 2.20. The molecule has 2 heterocycles. The second-order valence-corrected chi connectivity index (χ2v) is 8.38. The minimum atomic E-state index is -0.328. The Labute approximate surface area is 186 Å². The molecule has 2 aromatic heterocycles. The van der Waals surface area contributed by atoms with Crippen molar-refractivity contribution in [1.29, 1.82) is 0 Å². The van der Waals surface area contributed by atoms with Crippen molar-refractivity contribution in [2.45, 2.75) is 26.2 Å². The zero-order valence-electron chi connectivity index (χ0n) is 18.4. The van der Waals surface area contributed by atoms with Gasteiger partial charge in [0.2, 0.25) is 0 Å². The Bertz CT molecular complexity index is 1220. The van der Waals surface area contributed by atoms with E-state index < -0.39 is 0 Å². The van der Waals surface area contributed by atoms with E-state index in [2.05, 4.69) is 36.6 Å². The lowest BCUT2D eigenvalue weighted by Gasteiger charge is -2.12. The quantitative estimate of drug-likeness (QED) is 0.376. The second-order valence-electron chi connectivity index (χ2n) is 8.38. The number of benzene rings is 2.